The first kappa shape index (κ1) is 17.0. The Kier molecular flexibility index (Phi) is 4.46. The Balaban J connectivity index is 1.56. The van der Waals surface area contributed by atoms with Crippen LogP contribution in [0.2, 0.25) is 0 Å². The van der Waals surface area contributed by atoms with Crippen LogP contribution in [0.15, 0.2) is 48.8 Å². The highest BCUT2D eigenvalue weighted by molar-refractivity contribution is 6.03. The minimum atomic E-state index is -0.274. The number of aryl methyl sites for hydroxylation is 2. The summed E-state index contributed by atoms with van der Waals surface area (Å²) in [4.78, 5) is 20.9. The van der Waals surface area contributed by atoms with Crippen LogP contribution in [-0.4, -0.2) is 29.1 Å². The Morgan fingerprint density at radius 2 is 1.78 bits per heavy atom. The topological polar surface area (TPSA) is 73.3 Å². The van der Waals surface area contributed by atoms with Crippen LogP contribution in [0.4, 0.5) is 5.82 Å². The molecule has 4 rings (SSSR count). The van der Waals surface area contributed by atoms with Crippen molar-refractivity contribution in [2.45, 2.75) is 13.8 Å². The van der Waals surface area contributed by atoms with Crippen molar-refractivity contribution in [1.29, 1.82) is 0 Å². The van der Waals surface area contributed by atoms with Crippen LogP contribution in [-0.2, 0) is 0 Å². The molecule has 3 aromatic rings. The molecule has 1 aromatic carbocycles. The van der Waals surface area contributed by atoms with E-state index >= 15 is 0 Å². The number of nitrogens with one attached hydrogen (secondary N) is 1. The molecule has 1 N–H and O–H groups in total. The summed E-state index contributed by atoms with van der Waals surface area (Å²) in [6.07, 6.45) is 3.34. The number of anilines is 1. The van der Waals surface area contributed by atoms with Crippen molar-refractivity contribution in [3.63, 3.8) is 0 Å². The van der Waals surface area contributed by atoms with Gasteiger partial charge in [-0.3, -0.25) is 9.78 Å². The number of carbonyl (C=O) groups excluding carboxylic acids is 1. The molecule has 0 bridgehead atoms. The Hall–Kier alpha value is -3.41. The molecule has 1 aliphatic rings. The summed E-state index contributed by atoms with van der Waals surface area (Å²) in [5.41, 5.74) is 4.24. The fourth-order valence-corrected chi connectivity index (χ4v) is 3.03. The molecule has 0 saturated carbocycles. The van der Waals surface area contributed by atoms with E-state index in [0.717, 1.165) is 33.8 Å². The minimum Gasteiger partial charge on any atom is -0.486 e. The number of aromatic nitrogens is 2. The van der Waals surface area contributed by atoms with E-state index in [9.17, 15) is 4.79 Å². The number of rotatable bonds is 3. The average Bonchev–Trinajstić information content (AvgIpc) is 2.68. The summed E-state index contributed by atoms with van der Waals surface area (Å²) in [6, 6.07) is 11.3. The third-order valence-electron chi connectivity index (χ3n) is 4.43. The van der Waals surface area contributed by atoms with Gasteiger partial charge in [-0.15, -0.1) is 0 Å². The molecule has 0 fully saturated rings. The van der Waals surface area contributed by atoms with Gasteiger partial charge in [0.1, 0.15) is 24.7 Å². The molecule has 3 heterocycles. The SMILES string of the molecule is Cc1cc2c(cc1-c1ccc(NC(=O)c3ncccc3C)nc1)OCCO2. The third kappa shape index (κ3) is 3.46. The number of nitrogens with zero attached hydrogens (tertiary/aromatic N) is 2. The molecule has 1 amide bonds. The number of fused-ring (bicyclic) bond motifs is 1. The Labute approximate surface area is 157 Å². The largest absolute Gasteiger partial charge is 0.486 e. The lowest BCUT2D eigenvalue weighted by Crippen LogP contribution is -2.16. The van der Waals surface area contributed by atoms with E-state index in [-0.39, 0.29) is 5.91 Å². The van der Waals surface area contributed by atoms with Gasteiger partial charge in [0.15, 0.2) is 11.5 Å². The molecule has 0 unspecified atom stereocenters. The van der Waals surface area contributed by atoms with Gasteiger partial charge in [-0.1, -0.05) is 6.07 Å². The van der Waals surface area contributed by atoms with Gasteiger partial charge >= 0.3 is 0 Å². The highest BCUT2D eigenvalue weighted by atomic mass is 16.6. The molecule has 2 aromatic heterocycles. The molecule has 0 saturated heterocycles. The van der Waals surface area contributed by atoms with Gasteiger partial charge in [0, 0.05) is 18.0 Å². The van der Waals surface area contributed by atoms with Gasteiger partial charge in [-0.2, -0.15) is 0 Å². The maximum Gasteiger partial charge on any atom is 0.275 e. The second-order valence-corrected chi connectivity index (χ2v) is 6.37. The van der Waals surface area contributed by atoms with Crippen molar-refractivity contribution in [3.8, 4) is 22.6 Å². The van der Waals surface area contributed by atoms with Gasteiger partial charge in [-0.05, 0) is 60.9 Å². The van der Waals surface area contributed by atoms with Crippen LogP contribution >= 0.6 is 0 Å². The number of hydrogen-bond donors (Lipinski definition) is 1. The van der Waals surface area contributed by atoms with Crippen LogP contribution in [0.5, 0.6) is 11.5 Å². The second kappa shape index (κ2) is 7.07. The van der Waals surface area contributed by atoms with Gasteiger partial charge in [0.05, 0.1) is 0 Å². The van der Waals surface area contributed by atoms with E-state index in [0.29, 0.717) is 24.7 Å². The van der Waals surface area contributed by atoms with E-state index in [1.165, 1.54) is 0 Å². The summed E-state index contributed by atoms with van der Waals surface area (Å²) in [6.45, 7) is 4.99. The summed E-state index contributed by atoms with van der Waals surface area (Å²) in [7, 11) is 0. The second-order valence-electron chi connectivity index (χ2n) is 6.37. The summed E-state index contributed by atoms with van der Waals surface area (Å²) in [5.74, 6) is 1.71. The van der Waals surface area contributed by atoms with Crippen molar-refractivity contribution < 1.29 is 14.3 Å². The minimum absolute atomic E-state index is 0.274. The zero-order valence-electron chi connectivity index (χ0n) is 15.2. The fraction of sp³-hybridized carbons (Fsp3) is 0.190. The number of amides is 1. The standard InChI is InChI=1S/C21H19N3O3/c1-13-4-3-7-22-20(13)21(25)24-19-6-5-15(12-23-19)16-11-18-17(10-14(16)2)26-8-9-27-18/h3-7,10-12H,8-9H2,1-2H3,(H,23,24,25). The fourth-order valence-electron chi connectivity index (χ4n) is 3.03. The van der Waals surface area contributed by atoms with Crippen LogP contribution in [0, 0.1) is 13.8 Å². The van der Waals surface area contributed by atoms with Crippen LogP contribution < -0.4 is 14.8 Å². The number of hydrogen-bond acceptors (Lipinski definition) is 5. The Bertz CT molecular complexity index is 1000. The molecule has 0 spiro atoms. The molecule has 6 heteroatoms. The lowest BCUT2D eigenvalue weighted by molar-refractivity contribution is 0.102. The van der Waals surface area contributed by atoms with Gasteiger partial charge in [0.2, 0.25) is 0 Å². The molecule has 136 valence electrons. The Morgan fingerprint density at radius 3 is 2.48 bits per heavy atom. The molecular weight excluding hydrogens is 342 g/mol. The number of carbonyl (C=O) groups is 1. The average molecular weight is 361 g/mol. The molecule has 0 radical (unpaired) electrons. The molecule has 0 atom stereocenters. The molecule has 27 heavy (non-hydrogen) atoms. The quantitative estimate of drug-likeness (QED) is 0.768. The number of ether oxygens (including phenoxy) is 2. The Morgan fingerprint density at radius 1 is 1.00 bits per heavy atom. The van der Waals surface area contributed by atoms with Crippen LogP contribution in [0.25, 0.3) is 11.1 Å². The van der Waals surface area contributed by atoms with Crippen molar-refractivity contribution in [1.82, 2.24) is 9.97 Å². The van der Waals surface area contributed by atoms with Crippen LogP contribution in [0.1, 0.15) is 21.6 Å². The highest BCUT2D eigenvalue weighted by Crippen LogP contribution is 2.37. The van der Waals surface area contributed by atoms with Crippen molar-refractivity contribution >= 4 is 11.7 Å². The number of pyridine rings is 2. The smallest absolute Gasteiger partial charge is 0.275 e. The monoisotopic (exact) mass is 361 g/mol. The molecular formula is C21H19N3O3. The maximum absolute atomic E-state index is 12.4. The number of benzene rings is 1. The van der Waals surface area contributed by atoms with Crippen molar-refractivity contribution in [2.75, 3.05) is 18.5 Å². The summed E-state index contributed by atoms with van der Waals surface area (Å²) in [5, 5.41) is 2.79. The zero-order valence-corrected chi connectivity index (χ0v) is 15.2. The molecule has 1 aliphatic heterocycles. The van der Waals surface area contributed by atoms with E-state index in [1.807, 2.05) is 38.1 Å². The molecule has 6 nitrogen and oxygen atoms in total. The van der Waals surface area contributed by atoms with Gasteiger partial charge in [-0.25, -0.2) is 4.98 Å². The van der Waals surface area contributed by atoms with Crippen molar-refractivity contribution in [2.24, 2.45) is 0 Å². The van der Waals surface area contributed by atoms with Crippen LogP contribution in [0.3, 0.4) is 0 Å². The van der Waals surface area contributed by atoms with Gasteiger partial charge in [0.25, 0.3) is 5.91 Å². The lowest BCUT2D eigenvalue weighted by atomic mass is 10.0. The third-order valence-corrected chi connectivity index (χ3v) is 4.43. The lowest BCUT2D eigenvalue weighted by Gasteiger charge is -2.20. The first-order chi connectivity index (χ1) is 13.1. The normalized spacial score (nSPS) is 12.5. The predicted octanol–water partition coefficient (Wildman–Crippen LogP) is 3.78. The van der Waals surface area contributed by atoms with Crippen molar-refractivity contribution in [3.05, 3.63) is 65.6 Å². The van der Waals surface area contributed by atoms with E-state index in [4.69, 9.17) is 9.47 Å². The predicted molar refractivity (Wildman–Crippen MR) is 102 cm³/mol. The van der Waals surface area contributed by atoms with E-state index in [2.05, 4.69) is 15.3 Å². The summed E-state index contributed by atoms with van der Waals surface area (Å²) < 4.78 is 11.3. The van der Waals surface area contributed by atoms with Gasteiger partial charge < -0.3 is 14.8 Å². The highest BCUT2D eigenvalue weighted by Gasteiger charge is 2.16. The first-order valence-corrected chi connectivity index (χ1v) is 8.71. The zero-order chi connectivity index (χ0) is 18.8. The van der Waals surface area contributed by atoms with E-state index < -0.39 is 0 Å². The summed E-state index contributed by atoms with van der Waals surface area (Å²) >= 11 is 0. The first-order valence-electron chi connectivity index (χ1n) is 8.71. The van der Waals surface area contributed by atoms with E-state index in [1.54, 1.807) is 24.5 Å². The molecule has 0 aliphatic carbocycles. The maximum atomic E-state index is 12.4.